The predicted molar refractivity (Wildman–Crippen MR) is 148 cm³/mol. The highest BCUT2D eigenvalue weighted by atomic mass is 19.4. The third-order valence-electron chi connectivity index (χ3n) is 6.78. The van der Waals surface area contributed by atoms with E-state index >= 15 is 0 Å². The number of benzene rings is 2. The Kier molecular flexibility index (Phi) is 15.3. The Bertz CT molecular complexity index is 987. The van der Waals surface area contributed by atoms with Crippen LogP contribution in [0.3, 0.4) is 0 Å². The molecular weight excluding hydrogens is 505 g/mol. The van der Waals surface area contributed by atoms with Crippen LogP contribution in [-0.2, 0) is 22.3 Å². The Hall–Kier alpha value is -2.83. The number of rotatable bonds is 19. The third kappa shape index (κ3) is 12.7. The number of hydrogen-bond donors (Lipinski definition) is 0. The summed E-state index contributed by atoms with van der Waals surface area (Å²) in [6, 6.07) is 10.9. The molecule has 0 bridgehead atoms. The van der Waals surface area contributed by atoms with Crippen molar-refractivity contribution < 1.29 is 32.2 Å². The van der Waals surface area contributed by atoms with Crippen molar-refractivity contribution in [3.63, 3.8) is 0 Å². The molecule has 0 aliphatic heterocycles. The Morgan fingerprint density at radius 2 is 1.05 bits per heavy atom. The molecule has 0 aliphatic carbocycles. The maximum absolute atomic E-state index is 13.2. The minimum Gasteiger partial charge on any atom is -0.462 e. The Labute approximate surface area is 231 Å². The summed E-state index contributed by atoms with van der Waals surface area (Å²) in [5.41, 5.74) is -1.01. The second-order valence-electron chi connectivity index (χ2n) is 10.0. The highest BCUT2D eigenvalue weighted by Gasteiger charge is 2.33. The van der Waals surface area contributed by atoms with Crippen LogP contribution in [-0.4, -0.2) is 18.5 Å². The quantitative estimate of drug-likeness (QED) is 0.130. The van der Waals surface area contributed by atoms with Crippen LogP contribution in [0.15, 0.2) is 48.5 Å². The van der Waals surface area contributed by atoms with Crippen LogP contribution in [0.5, 0.6) is 0 Å². The van der Waals surface area contributed by atoms with Crippen LogP contribution in [0.1, 0.15) is 129 Å². The molecule has 0 heterocycles. The molecule has 0 aromatic heterocycles. The van der Waals surface area contributed by atoms with E-state index in [1.807, 2.05) is 0 Å². The molecule has 2 aromatic rings. The number of unbranched alkanes of at least 4 members (excludes halogenated alkanes) is 13. The number of halogens is 3. The van der Waals surface area contributed by atoms with Gasteiger partial charge in [0.1, 0.15) is 6.61 Å². The van der Waals surface area contributed by atoms with Crippen molar-refractivity contribution in [2.75, 3.05) is 6.61 Å². The van der Waals surface area contributed by atoms with Gasteiger partial charge in [0, 0.05) is 5.56 Å². The zero-order chi connectivity index (χ0) is 28.3. The van der Waals surface area contributed by atoms with E-state index in [0.29, 0.717) is 0 Å². The summed E-state index contributed by atoms with van der Waals surface area (Å²) in [6.45, 7) is 1.93. The van der Waals surface area contributed by atoms with E-state index in [2.05, 4.69) is 6.92 Å². The largest absolute Gasteiger partial charge is 0.462 e. The summed E-state index contributed by atoms with van der Waals surface area (Å²) in [4.78, 5) is 25.2. The fraction of sp³-hybridized carbons (Fsp3) is 0.562. The SMILES string of the molecule is CCCCCCCCCCCCCCCCOC(=O)c1ccccc1C(=O)OCc1ccccc1C(F)(F)F. The molecule has 0 spiro atoms. The van der Waals surface area contributed by atoms with Crippen LogP contribution in [0.2, 0.25) is 0 Å². The highest BCUT2D eigenvalue weighted by molar-refractivity contribution is 6.03. The average molecular weight is 549 g/mol. The van der Waals surface area contributed by atoms with E-state index < -0.39 is 30.3 Å². The van der Waals surface area contributed by atoms with Gasteiger partial charge in [-0.15, -0.1) is 0 Å². The standard InChI is InChI=1S/C32H43F3O4/c1-2-3-4-5-6-7-8-9-10-11-12-13-14-19-24-38-30(36)27-21-16-17-22-28(27)31(37)39-25-26-20-15-18-23-29(26)32(33,34)35/h15-18,20-23H,2-14,19,24-25H2,1H3. The molecule has 0 radical (unpaired) electrons. The van der Waals surface area contributed by atoms with Crippen molar-refractivity contribution in [3.8, 4) is 0 Å². The maximum atomic E-state index is 13.2. The molecule has 2 aromatic carbocycles. The Morgan fingerprint density at radius 1 is 0.615 bits per heavy atom. The van der Waals surface area contributed by atoms with Crippen LogP contribution >= 0.6 is 0 Å². The smallest absolute Gasteiger partial charge is 0.416 e. The first kappa shape index (κ1) is 32.4. The van der Waals surface area contributed by atoms with E-state index in [1.54, 1.807) is 12.1 Å². The van der Waals surface area contributed by atoms with Gasteiger partial charge in [0.05, 0.1) is 23.3 Å². The topological polar surface area (TPSA) is 52.6 Å². The number of hydrogen-bond acceptors (Lipinski definition) is 4. The van der Waals surface area contributed by atoms with Gasteiger partial charge >= 0.3 is 18.1 Å². The molecule has 0 N–H and O–H groups in total. The molecule has 216 valence electrons. The summed E-state index contributed by atoms with van der Waals surface area (Å²) in [5.74, 6) is -1.52. The third-order valence-corrected chi connectivity index (χ3v) is 6.78. The highest BCUT2D eigenvalue weighted by Crippen LogP contribution is 2.32. The average Bonchev–Trinajstić information content (AvgIpc) is 2.93. The molecule has 0 atom stereocenters. The molecule has 0 saturated heterocycles. The number of alkyl halides is 3. The summed E-state index contributed by atoms with van der Waals surface area (Å²) in [7, 11) is 0. The molecule has 0 fully saturated rings. The van der Waals surface area contributed by atoms with E-state index in [-0.39, 0.29) is 23.3 Å². The number of carbonyl (C=O) groups is 2. The van der Waals surface area contributed by atoms with E-state index in [0.717, 1.165) is 25.3 Å². The summed E-state index contributed by atoms with van der Waals surface area (Å²) in [6.07, 6.45) is 12.7. The minimum atomic E-state index is -4.56. The zero-order valence-corrected chi connectivity index (χ0v) is 23.2. The summed E-state index contributed by atoms with van der Waals surface area (Å²) in [5, 5.41) is 0. The van der Waals surface area contributed by atoms with Crippen molar-refractivity contribution >= 4 is 11.9 Å². The molecule has 0 saturated carbocycles. The lowest BCUT2D eigenvalue weighted by molar-refractivity contribution is -0.138. The van der Waals surface area contributed by atoms with Crippen LogP contribution in [0, 0.1) is 0 Å². The van der Waals surface area contributed by atoms with Gasteiger partial charge in [0.2, 0.25) is 0 Å². The van der Waals surface area contributed by atoms with Gasteiger partial charge in [-0.3, -0.25) is 0 Å². The van der Waals surface area contributed by atoms with Crippen molar-refractivity contribution in [3.05, 3.63) is 70.8 Å². The molecule has 0 amide bonds. The van der Waals surface area contributed by atoms with Crippen molar-refractivity contribution in [2.24, 2.45) is 0 Å². The van der Waals surface area contributed by atoms with Crippen molar-refractivity contribution in [1.82, 2.24) is 0 Å². The van der Waals surface area contributed by atoms with Crippen molar-refractivity contribution in [1.29, 1.82) is 0 Å². The lowest BCUT2D eigenvalue weighted by atomic mass is 10.0. The van der Waals surface area contributed by atoms with Gasteiger partial charge < -0.3 is 9.47 Å². The van der Waals surface area contributed by atoms with Gasteiger partial charge in [-0.05, 0) is 24.6 Å². The van der Waals surface area contributed by atoms with Crippen LogP contribution < -0.4 is 0 Å². The fourth-order valence-electron chi connectivity index (χ4n) is 4.52. The first-order valence-corrected chi connectivity index (χ1v) is 14.4. The second kappa shape index (κ2) is 18.5. The maximum Gasteiger partial charge on any atom is 0.416 e. The molecule has 0 aliphatic rings. The van der Waals surface area contributed by atoms with Gasteiger partial charge in [-0.1, -0.05) is 121 Å². The van der Waals surface area contributed by atoms with E-state index in [1.165, 1.54) is 101 Å². The molecule has 4 nitrogen and oxygen atoms in total. The Balaban J connectivity index is 1.65. The normalized spacial score (nSPS) is 11.4. The van der Waals surface area contributed by atoms with Gasteiger partial charge in [0.15, 0.2) is 0 Å². The van der Waals surface area contributed by atoms with Gasteiger partial charge in [-0.2, -0.15) is 13.2 Å². The fourth-order valence-corrected chi connectivity index (χ4v) is 4.52. The Morgan fingerprint density at radius 3 is 1.56 bits per heavy atom. The van der Waals surface area contributed by atoms with Crippen LogP contribution in [0.25, 0.3) is 0 Å². The predicted octanol–water partition coefficient (Wildman–Crippen LogP) is 9.70. The molecule has 39 heavy (non-hydrogen) atoms. The minimum absolute atomic E-state index is 0.0343. The second-order valence-corrected chi connectivity index (χ2v) is 10.0. The zero-order valence-electron chi connectivity index (χ0n) is 23.2. The molecule has 2 rings (SSSR count). The first-order chi connectivity index (χ1) is 18.8. The molecule has 0 unspecified atom stereocenters. The van der Waals surface area contributed by atoms with Gasteiger partial charge in [0.25, 0.3) is 0 Å². The summed E-state index contributed by atoms with van der Waals surface area (Å²) >= 11 is 0. The first-order valence-electron chi connectivity index (χ1n) is 14.4. The van der Waals surface area contributed by atoms with Gasteiger partial charge in [-0.25, -0.2) is 9.59 Å². The van der Waals surface area contributed by atoms with Crippen molar-refractivity contribution in [2.45, 2.75) is 110 Å². The van der Waals surface area contributed by atoms with Crippen LogP contribution in [0.4, 0.5) is 13.2 Å². The number of ether oxygens (including phenoxy) is 2. The molecular formula is C32H43F3O4. The number of esters is 2. The lowest BCUT2D eigenvalue weighted by Gasteiger charge is -2.13. The monoisotopic (exact) mass is 548 g/mol. The van der Waals surface area contributed by atoms with E-state index in [4.69, 9.17) is 9.47 Å². The summed E-state index contributed by atoms with van der Waals surface area (Å²) < 4.78 is 50.1. The van der Waals surface area contributed by atoms with E-state index in [9.17, 15) is 22.8 Å². The lowest BCUT2D eigenvalue weighted by Crippen LogP contribution is -2.16. The molecule has 7 heteroatoms. The number of carbonyl (C=O) groups excluding carboxylic acids is 2.